The number of piperidine rings is 1. The average molecular weight is 254 g/mol. The molecule has 0 saturated carbocycles. The van der Waals surface area contributed by atoms with Gasteiger partial charge in [0, 0.05) is 35.6 Å². The van der Waals surface area contributed by atoms with Crippen LogP contribution in [0.3, 0.4) is 0 Å². The van der Waals surface area contributed by atoms with Gasteiger partial charge >= 0.3 is 0 Å². The molecule has 3 heteroatoms. The molecule has 1 N–H and O–H groups in total. The molecule has 2 aromatic rings. The number of hydrogen-bond acceptors (Lipinski definition) is 2. The summed E-state index contributed by atoms with van der Waals surface area (Å²) in [5, 5.41) is 1.46. The van der Waals surface area contributed by atoms with Crippen LogP contribution in [0.25, 0.3) is 10.9 Å². The maximum Gasteiger partial charge on any atom is 0.105 e. The van der Waals surface area contributed by atoms with Crippen LogP contribution < -0.4 is 0 Å². The number of aromatic nitrogens is 1. The van der Waals surface area contributed by atoms with Gasteiger partial charge in [-0.1, -0.05) is 12.1 Å². The number of hydrogen-bond donors (Lipinski definition) is 1. The molecule has 2 fully saturated rings. The second-order valence-corrected chi connectivity index (χ2v) is 6.65. The molecular formula is C16H18N2O. The molecule has 1 aliphatic carbocycles. The molecule has 1 aromatic carbocycles. The summed E-state index contributed by atoms with van der Waals surface area (Å²) in [6.07, 6.45) is 3.76. The molecule has 5 rings (SSSR count). The van der Waals surface area contributed by atoms with Gasteiger partial charge in [0.1, 0.15) is 5.60 Å². The molecule has 2 saturated heterocycles. The van der Waals surface area contributed by atoms with E-state index in [-0.39, 0.29) is 5.60 Å². The van der Waals surface area contributed by atoms with Crippen LogP contribution in [-0.4, -0.2) is 41.2 Å². The van der Waals surface area contributed by atoms with E-state index in [2.05, 4.69) is 48.3 Å². The van der Waals surface area contributed by atoms with Crippen LogP contribution in [0.5, 0.6) is 0 Å². The van der Waals surface area contributed by atoms with Crippen LogP contribution in [0.15, 0.2) is 24.4 Å². The van der Waals surface area contributed by atoms with Crippen molar-refractivity contribution < 1.29 is 4.74 Å². The van der Waals surface area contributed by atoms with Gasteiger partial charge in [-0.15, -0.1) is 0 Å². The van der Waals surface area contributed by atoms with E-state index < -0.39 is 0 Å². The summed E-state index contributed by atoms with van der Waals surface area (Å²) >= 11 is 0. The number of benzene rings is 1. The van der Waals surface area contributed by atoms with Crippen molar-refractivity contribution in [3.8, 4) is 0 Å². The van der Waals surface area contributed by atoms with Crippen LogP contribution in [0.1, 0.15) is 24.0 Å². The fourth-order valence-electron chi connectivity index (χ4n) is 4.53. The van der Waals surface area contributed by atoms with E-state index in [0.717, 1.165) is 13.0 Å². The van der Waals surface area contributed by atoms with Crippen molar-refractivity contribution in [3.05, 3.63) is 35.5 Å². The van der Waals surface area contributed by atoms with Crippen molar-refractivity contribution in [2.45, 2.75) is 37.0 Å². The molecule has 98 valence electrons. The average Bonchev–Trinajstić information content (AvgIpc) is 2.89. The van der Waals surface area contributed by atoms with Crippen molar-refractivity contribution in [3.63, 3.8) is 0 Å². The highest BCUT2D eigenvalue weighted by Gasteiger charge is 2.63. The number of ether oxygens (including phenoxy) is 1. The minimum absolute atomic E-state index is 0.0892. The molecular weight excluding hydrogens is 236 g/mol. The number of aromatic amines is 1. The fraction of sp³-hybridized carbons (Fsp3) is 0.500. The number of fused-ring (bicyclic) bond motifs is 4. The smallest absolute Gasteiger partial charge is 0.105 e. The van der Waals surface area contributed by atoms with Gasteiger partial charge in [-0.25, -0.2) is 0 Å². The summed E-state index contributed by atoms with van der Waals surface area (Å²) in [6, 6.07) is 7.25. The lowest BCUT2D eigenvalue weighted by atomic mass is 9.73. The number of nitrogens with one attached hydrogen (secondary N) is 1. The first-order chi connectivity index (χ1) is 9.17. The van der Waals surface area contributed by atoms with E-state index in [9.17, 15) is 0 Å². The second-order valence-electron chi connectivity index (χ2n) is 6.65. The Labute approximate surface area is 112 Å². The maximum atomic E-state index is 6.08. The van der Waals surface area contributed by atoms with Gasteiger partial charge in [0.05, 0.1) is 6.10 Å². The lowest BCUT2D eigenvalue weighted by molar-refractivity contribution is 0.153. The monoisotopic (exact) mass is 254 g/mol. The highest BCUT2D eigenvalue weighted by Crippen LogP contribution is 2.55. The highest BCUT2D eigenvalue weighted by molar-refractivity contribution is 5.88. The van der Waals surface area contributed by atoms with Crippen LogP contribution >= 0.6 is 0 Å². The normalized spacial score (nSPS) is 40.0. The Morgan fingerprint density at radius 1 is 1.42 bits per heavy atom. The summed E-state index contributed by atoms with van der Waals surface area (Å²) in [5.41, 5.74) is 4.33. The van der Waals surface area contributed by atoms with Crippen molar-refractivity contribution >= 4 is 10.9 Å². The topological polar surface area (TPSA) is 31.6 Å². The number of nitrogens with zero attached hydrogens (tertiary/aromatic N) is 1. The minimum atomic E-state index is 0.0892. The fourth-order valence-corrected chi connectivity index (χ4v) is 4.53. The molecule has 0 amide bonds. The largest absolute Gasteiger partial charge is 0.364 e. The SMILES string of the molecule is CN1C[C@]2(C)O[C@@H]2[C@H]2c3cccc4[nH]cc(c34)C[C@H]21. The zero-order valence-corrected chi connectivity index (χ0v) is 11.3. The quantitative estimate of drug-likeness (QED) is 0.731. The summed E-state index contributed by atoms with van der Waals surface area (Å²) in [5.74, 6) is 0.538. The maximum absolute atomic E-state index is 6.08. The molecule has 3 heterocycles. The molecule has 0 bridgehead atoms. The Bertz CT molecular complexity index is 691. The molecule has 19 heavy (non-hydrogen) atoms. The summed E-state index contributed by atoms with van der Waals surface area (Å²) in [4.78, 5) is 5.93. The zero-order chi connectivity index (χ0) is 12.8. The zero-order valence-electron chi connectivity index (χ0n) is 11.3. The summed E-state index contributed by atoms with van der Waals surface area (Å²) in [6.45, 7) is 3.33. The predicted octanol–water partition coefficient (Wildman–Crippen LogP) is 2.28. The first-order valence-electron chi connectivity index (χ1n) is 7.14. The molecule has 1 aromatic heterocycles. The third-order valence-electron chi connectivity index (χ3n) is 5.42. The van der Waals surface area contributed by atoms with Gasteiger partial charge in [0.15, 0.2) is 0 Å². The molecule has 0 radical (unpaired) electrons. The van der Waals surface area contributed by atoms with Crippen LogP contribution in [0.4, 0.5) is 0 Å². The van der Waals surface area contributed by atoms with Gasteiger partial charge in [-0.05, 0) is 37.6 Å². The summed E-state index contributed by atoms with van der Waals surface area (Å²) < 4.78 is 6.08. The van der Waals surface area contributed by atoms with Crippen molar-refractivity contribution in [1.82, 2.24) is 9.88 Å². The first kappa shape index (κ1) is 10.5. The third kappa shape index (κ3) is 1.16. The van der Waals surface area contributed by atoms with Crippen LogP contribution in [0, 0.1) is 0 Å². The van der Waals surface area contributed by atoms with E-state index in [1.165, 1.54) is 22.0 Å². The Hall–Kier alpha value is -1.32. The third-order valence-corrected chi connectivity index (χ3v) is 5.42. The number of epoxide rings is 1. The van der Waals surface area contributed by atoms with Gasteiger partial charge in [-0.2, -0.15) is 0 Å². The van der Waals surface area contributed by atoms with Crippen molar-refractivity contribution in [1.29, 1.82) is 0 Å². The number of rotatable bonds is 0. The Morgan fingerprint density at radius 3 is 3.21 bits per heavy atom. The molecule has 2 aliphatic heterocycles. The number of likely N-dealkylation sites (N-methyl/N-ethyl adjacent to an activating group) is 1. The van der Waals surface area contributed by atoms with Gasteiger partial charge in [-0.3, -0.25) is 4.90 Å². The molecule has 3 nitrogen and oxygen atoms in total. The summed E-state index contributed by atoms with van der Waals surface area (Å²) in [7, 11) is 2.25. The van der Waals surface area contributed by atoms with Crippen LogP contribution in [-0.2, 0) is 11.2 Å². The lowest BCUT2D eigenvalue weighted by Crippen LogP contribution is -2.51. The van der Waals surface area contributed by atoms with E-state index in [0.29, 0.717) is 18.1 Å². The predicted molar refractivity (Wildman–Crippen MR) is 74.4 cm³/mol. The van der Waals surface area contributed by atoms with E-state index in [1.807, 2.05) is 0 Å². The van der Waals surface area contributed by atoms with Gasteiger partial charge in [0.25, 0.3) is 0 Å². The Balaban J connectivity index is 1.77. The van der Waals surface area contributed by atoms with E-state index in [4.69, 9.17) is 4.74 Å². The molecule has 0 spiro atoms. The highest BCUT2D eigenvalue weighted by atomic mass is 16.6. The standard InChI is InChI=1S/C16H18N2O/c1-16-8-18(2)12-6-9-7-17-11-5-3-4-10(13(9)11)14(12)15(16)19-16/h3-5,7,12,14-15,17H,6,8H2,1-2H3/t12-,14+,15-,16+/m1/s1. The van der Waals surface area contributed by atoms with Gasteiger partial charge < -0.3 is 9.72 Å². The lowest BCUT2D eigenvalue weighted by Gasteiger charge is -2.42. The van der Waals surface area contributed by atoms with E-state index >= 15 is 0 Å². The number of likely N-dealkylation sites (tertiary alicyclic amines) is 1. The first-order valence-corrected chi connectivity index (χ1v) is 7.14. The van der Waals surface area contributed by atoms with Crippen molar-refractivity contribution in [2.24, 2.45) is 0 Å². The number of H-pyrrole nitrogens is 1. The molecule has 3 aliphatic rings. The molecule has 0 unspecified atom stereocenters. The minimum Gasteiger partial charge on any atom is -0.364 e. The van der Waals surface area contributed by atoms with E-state index in [1.54, 1.807) is 0 Å². The van der Waals surface area contributed by atoms with Crippen LogP contribution in [0.2, 0.25) is 0 Å². The van der Waals surface area contributed by atoms with Crippen molar-refractivity contribution in [2.75, 3.05) is 13.6 Å². The Kier molecular flexibility index (Phi) is 1.68. The molecule has 4 atom stereocenters. The van der Waals surface area contributed by atoms with Gasteiger partial charge in [0.2, 0.25) is 0 Å². The Morgan fingerprint density at radius 2 is 2.32 bits per heavy atom. The second kappa shape index (κ2) is 3.05.